The average Bonchev–Trinajstić information content (AvgIpc) is 2.91. The van der Waals surface area contributed by atoms with E-state index in [1.807, 2.05) is 6.07 Å². The summed E-state index contributed by atoms with van der Waals surface area (Å²) >= 11 is 0. The summed E-state index contributed by atoms with van der Waals surface area (Å²) in [6, 6.07) is 43.8. The standard InChI is InChI=1S/C35H25N/c1-22-16-18-30-32(20-22)34(28-14-6-10-23-8-2-4-12-26(23)28)31-19-17-25(36)21-33(31)35(30)29-15-7-11-24-9-3-5-13-27(24)29/h2-21H,36H2,1H3. The number of nitrogen functional groups attached to an aromatic ring is 1. The molecule has 0 atom stereocenters. The maximum Gasteiger partial charge on any atom is 0.0320 e. The Kier molecular flexibility index (Phi) is 4.59. The fraction of sp³-hybridized carbons (Fsp3) is 0.0286. The Labute approximate surface area is 210 Å². The van der Waals surface area contributed by atoms with Crippen molar-refractivity contribution in [2.75, 3.05) is 5.73 Å². The van der Waals surface area contributed by atoms with Gasteiger partial charge >= 0.3 is 0 Å². The fourth-order valence-corrected chi connectivity index (χ4v) is 5.83. The predicted octanol–water partition coefficient (Wildman–Crippen LogP) is 9.52. The van der Waals surface area contributed by atoms with Crippen LogP contribution in [0.25, 0.3) is 65.3 Å². The quantitative estimate of drug-likeness (QED) is 0.202. The summed E-state index contributed by atoms with van der Waals surface area (Å²) in [4.78, 5) is 0. The summed E-state index contributed by atoms with van der Waals surface area (Å²) in [5, 5.41) is 9.93. The van der Waals surface area contributed by atoms with E-state index in [1.54, 1.807) is 0 Å². The third-order valence-corrected chi connectivity index (χ3v) is 7.41. The third kappa shape index (κ3) is 3.10. The Morgan fingerprint density at radius 3 is 1.53 bits per heavy atom. The van der Waals surface area contributed by atoms with Crippen LogP contribution in [0, 0.1) is 6.92 Å². The number of rotatable bonds is 2. The lowest BCUT2D eigenvalue weighted by Gasteiger charge is -2.20. The number of aryl methyl sites for hydroxylation is 1. The lowest BCUT2D eigenvalue weighted by atomic mass is 9.83. The molecule has 0 aliphatic rings. The molecule has 2 N–H and O–H groups in total. The van der Waals surface area contributed by atoms with E-state index in [0.717, 1.165) is 5.69 Å². The summed E-state index contributed by atoms with van der Waals surface area (Å²) in [5.74, 6) is 0. The Balaban J connectivity index is 1.73. The first-order chi connectivity index (χ1) is 17.7. The minimum atomic E-state index is 0.777. The molecular weight excluding hydrogens is 434 g/mol. The van der Waals surface area contributed by atoms with Crippen molar-refractivity contribution in [3.63, 3.8) is 0 Å². The van der Waals surface area contributed by atoms with Crippen LogP contribution in [0.4, 0.5) is 5.69 Å². The van der Waals surface area contributed by atoms with Crippen LogP contribution in [0.3, 0.4) is 0 Å². The molecule has 0 aliphatic heterocycles. The van der Waals surface area contributed by atoms with E-state index in [1.165, 1.54) is 70.9 Å². The SMILES string of the molecule is Cc1ccc2c(-c3cccc4ccccc34)c3cc(N)ccc3c(-c3cccc4ccccc34)c2c1. The van der Waals surface area contributed by atoms with Gasteiger partial charge in [0.15, 0.2) is 0 Å². The van der Waals surface area contributed by atoms with Crippen molar-refractivity contribution >= 4 is 48.8 Å². The van der Waals surface area contributed by atoms with Crippen molar-refractivity contribution in [3.8, 4) is 22.3 Å². The molecule has 0 heterocycles. The molecule has 7 rings (SSSR count). The second kappa shape index (κ2) is 7.96. The first-order valence-electron chi connectivity index (χ1n) is 12.4. The van der Waals surface area contributed by atoms with E-state index in [4.69, 9.17) is 5.73 Å². The van der Waals surface area contributed by atoms with Crippen molar-refractivity contribution in [2.24, 2.45) is 0 Å². The van der Waals surface area contributed by atoms with Crippen LogP contribution in [0.15, 0.2) is 121 Å². The summed E-state index contributed by atoms with van der Waals surface area (Å²) in [6.45, 7) is 2.18. The van der Waals surface area contributed by atoms with Crippen molar-refractivity contribution in [1.29, 1.82) is 0 Å². The molecule has 7 aromatic carbocycles. The minimum absolute atomic E-state index is 0.777. The number of hydrogen-bond donors (Lipinski definition) is 1. The average molecular weight is 460 g/mol. The van der Waals surface area contributed by atoms with Gasteiger partial charge in [-0.2, -0.15) is 0 Å². The molecule has 1 nitrogen and oxygen atoms in total. The molecule has 0 radical (unpaired) electrons. The van der Waals surface area contributed by atoms with Crippen LogP contribution in [-0.2, 0) is 0 Å². The Morgan fingerprint density at radius 2 is 0.917 bits per heavy atom. The summed E-state index contributed by atoms with van der Waals surface area (Å²) in [6.07, 6.45) is 0. The second-order valence-corrected chi connectivity index (χ2v) is 9.66. The Morgan fingerprint density at radius 1 is 0.417 bits per heavy atom. The Hall–Kier alpha value is -4.62. The van der Waals surface area contributed by atoms with Crippen molar-refractivity contribution in [1.82, 2.24) is 0 Å². The van der Waals surface area contributed by atoms with Gasteiger partial charge in [0.1, 0.15) is 0 Å². The van der Waals surface area contributed by atoms with Crippen LogP contribution in [-0.4, -0.2) is 0 Å². The highest BCUT2D eigenvalue weighted by Gasteiger charge is 2.19. The van der Waals surface area contributed by atoms with Crippen LogP contribution in [0.2, 0.25) is 0 Å². The van der Waals surface area contributed by atoms with Gasteiger partial charge in [-0.3, -0.25) is 0 Å². The lowest BCUT2D eigenvalue weighted by molar-refractivity contribution is 1.51. The second-order valence-electron chi connectivity index (χ2n) is 9.66. The normalized spacial score (nSPS) is 11.6. The molecule has 0 aromatic heterocycles. The van der Waals surface area contributed by atoms with E-state index in [-0.39, 0.29) is 0 Å². The number of fused-ring (bicyclic) bond motifs is 4. The molecule has 170 valence electrons. The smallest absolute Gasteiger partial charge is 0.0320 e. The van der Waals surface area contributed by atoms with Gasteiger partial charge in [0.05, 0.1) is 0 Å². The van der Waals surface area contributed by atoms with E-state index in [9.17, 15) is 0 Å². The highest BCUT2D eigenvalue weighted by Crippen LogP contribution is 2.47. The zero-order valence-electron chi connectivity index (χ0n) is 20.1. The molecule has 0 saturated heterocycles. The van der Waals surface area contributed by atoms with Gasteiger partial charge in [0.2, 0.25) is 0 Å². The largest absolute Gasteiger partial charge is 0.399 e. The monoisotopic (exact) mass is 459 g/mol. The third-order valence-electron chi connectivity index (χ3n) is 7.41. The van der Waals surface area contributed by atoms with E-state index < -0.39 is 0 Å². The highest BCUT2D eigenvalue weighted by atomic mass is 14.5. The molecule has 0 aliphatic carbocycles. The molecule has 36 heavy (non-hydrogen) atoms. The molecule has 1 heteroatoms. The minimum Gasteiger partial charge on any atom is -0.399 e. The van der Waals surface area contributed by atoms with Crippen molar-refractivity contribution in [2.45, 2.75) is 6.92 Å². The number of nitrogens with two attached hydrogens (primary N) is 1. The van der Waals surface area contributed by atoms with Crippen LogP contribution in [0.5, 0.6) is 0 Å². The topological polar surface area (TPSA) is 26.0 Å². The van der Waals surface area contributed by atoms with Gasteiger partial charge in [-0.05, 0) is 84.4 Å². The molecule has 0 unspecified atom stereocenters. The maximum absolute atomic E-state index is 6.43. The highest BCUT2D eigenvalue weighted by molar-refractivity contribution is 6.25. The first-order valence-corrected chi connectivity index (χ1v) is 12.4. The molecule has 0 bridgehead atoms. The molecule has 0 amide bonds. The predicted molar refractivity (Wildman–Crippen MR) is 156 cm³/mol. The number of hydrogen-bond acceptors (Lipinski definition) is 1. The van der Waals surface area contributed by atoms with Gasteiger partial charge in [0, 0.05) is 5.69 Å². The van der Waals surface area contributed by atoms with Gasteiger partial charge in [-0.25, -0.2) is 0 Å². The summed E-state index contributed by atoms with van der Waals surface area (Å²) < 4.78 is 0. The Bertz CT molecular complexity index is 1810. The van der Waals surface area contributed by atoms with Crippen LogP contribution in [0.1, 0.15) is 5.56 Å². The first kappa shape index (κ1) is 20.7. The molecule has 0 spiro atoms. The zero-order chi connectivity index (χ0) is 24.2. The zero-order valence-corrected chi connectivity index (χ0v) is 20.1. The number of anilines is 1. The van der Waals surface area contributed by atoms with Crippen molar-refractivity contribution in [3.05, 3.63) is 127 Å². The van der Waals surface area contributed by atoms with Gasteiger partial charge in [-0.15, -0.1) is 0 Å². The summed E-state index contributed by atoms with van der Waals surface area (Å²) in [7, 11) is 0. The van der Waals surface area contributed by atoms with Crippen LogP contribution >= 0.6 is 0 Å². The van der Waals surface area contributed by atoms with Gasteiger partial charge < -0.3 is 5.73 Å². The fourth-order valence-electron chi connectivity index (χ4n) is 5.83. The maximum atomic E-state index is 6.43. The molecule has 0 saturated carbocycles. The lowest BCUT2D eigenvalue weighted by Crippen LogP contribution is -1.94. The molecule has 7 aromatic rings. The molecular formula is C35H25N. The number of benzene rings is 7. The van der Waals surface area contributed by atoms with Crippen molar-refractivity contribution < 1.29 is 0 Å². The van der Waals surface area contributed by atoms with E-state index in [2.05, 4.69) is 122 Å². The molecule has 0 fully saturated rings. The van der Waals surface area contributed by atoms with Crippen LogP contribution < -0.4 is 5.73 Å². The van der Waals surface area contributed by atoms with Gasteiger partial charge in [0.25, 0.3) is 0 Å². The summed E-state index contributed by atoms with van der Waals surface area (Å²) in [5.41, 5.74) is 13.5. The van der Waals surface area contributed by atoms with E-state index in [0.29, 0.717) is 0 Å². The van der Waals surface area contributed by atoms with E-state index >= 15 is 0 Å². The van der Waals surface area contributed by atoms with Gasteiger partial charge in [-0.1, -0.05) is 115 Å².